The fourth-order valence-electron chi connectivity index (χ4n) is 1.60. The van der Waals surface area contributed by atoms with Crippen LogP contribution in [0.5, 0.6) is 0 Å². The zero-order chi connectivity index (χ0) is 13.8. The second-order valence-electron chi connectivity index (χ2n) is 4.07. The summed E-state index contributed by atoms with van der Waals surface area (Å²) in [5.74, 6) is -0.439. The molecule has 1 atom stereocenters. The Morgan fingerprint density at radius 1 is 1.32 bits per heavy atom. The molecule has 0 aliphatic carbocycles. The number of nitrogens with one attached hydrogen (secondary N) is 1. The van der Waals surface area contributed by atoms with Gasteiger partial charge in [-0.25, -0.2) is 14.4 Å². The maximum atomic E-state index is 12.8. The van der Waals surface area contributed by atoms with Crippen molar-refractivity contribution in [2.45, 2.75) is 13.0 Å². The summed E-state index contributed by atoms with van der Waals surface area (Å²) < 4.78 is 12.8. The third-order valence-electron chi connectivity index (χ3n) is 2.64. The van der Waals surface area contributed by atoms with Gasteiger partial charge in [0.2, 0.25) is 0 Å². The summed E-state index contributed by atoms with van der Waals surface area (Å²) in [5.41, 5.74) is 6.48. The number of aromatic nitrogens is 2. The van der Waals surface area contributed by atoms with Crippen molar-refractivity contribution in [3.63, 3.8) is 0 Å². The van der Waals surface area contributed by atoms with Gasteiger partial charge >= 0.3 is 0 Å². The first-order chi connectivity index (χ1) is 9.06. The van der Waals surface area contributed by atoms with Crippen molar-refractivity contribution in [1.82, 2.24) is 15.3 Å². The number of anilines is 1. The zero-order valence-electron chi connectivity index (χ0n) is 10.3. The van der Waals surface area contributed by atoms with Crippen molar-refractivity contribution >= 4 is 11.7 Å². The van der Waals surface area contributed by atoms with Crippen LogP contribution in [-0.4, -0.2) is 15.9 Å². The second-order valence-corrected chi connectivity index (χ2v) is 4.07. The molecule has 0 aliphatic heterocycles. The maximum Gasteiger partial charge on any atom is 0.270 e. The van der Waals surface area contributed by atoms with E-state index < -0.39 is 0 Å². The Morgan fingerprint density at radius 3 is 2.63 bits per heavy atom. The predicted octanol–water partition coefficient (Wildman–Crippen LogP) is 1.69. The van der Waals surface area contributed by atoms with Crippen LogP contribution in [0.25, 0.3) is 0 Å². The van der Waals surface area contributed by atoms with Gasteiger partial charge in [0.05, 0.1) is 6.04 Å². The van der Waals surface area contributed by atoms with Crippen molar-refractivity contribution in [3.8, 4) is 0 Å². The first-order valence-electron chi connectivity index (χ1n) is 5.70. The summed E-state index contributed by atoms with van der Waals surface area (Å²) >= 11 is 0. The summed E-state index contributed by atoms with van der Waals surface area (Å²) in [5, 5.41) is 2.75. The molecule has 1 amide bonds. The molecule has 1 aromatic heterocycles. The first kappa shape index (κ1) is 12.9. The zero-order valence-corrected chi connectivity index (χ0v) is 10.3. The van der Waals surface area contributed by atoms with Crippen LogP contribution in [0.4, 0.5) is 10.2 Å². The minimum Gasteiger partial charge on any atom is -0.384 e. The molecule has 0 saturated heterocycles. The highest BCUT2D eigenvalue weighted by molar-refractivity contribution is 5.93. The van der Waals surface area contributed by atoms with E-state index in [0.717, 1.165) is 5.56 Å². The van der Waals surface area contributed by atoms with Gasteiger partial charge in [0.25, 0.3) is 5.91 Å². The van der Waals surface area contributed by atoms with Crippen molar-refractivity contribution in [2.75, 3.05) is 5.73 Å². The summed E-state index contributed by atoms with van der Waals surface area (Å²) in [6, 6.07) is 7.07. The Hall–Kier alpha value is -2.50. The van der Waals surface area contributed by atoms with Gasteiger partial charge in [-0.1, -0.05) is 12.1 Å². The lowest BCUT2D eigenvalue weighted by Crippen LogP contribution is -2.27. The van der Waals surface area contributed by atoms with Gasteiger partial charge in [-0.15, -0.1) is 0 Å². The highest BCUT2D eigenvalue weighted by Gasteiger charge is 2.12. The molecule has 3 N–H and O–H groups in total. The van der Waals surface area contributed by atoms with Crippen molar-refractivity contribution in [3.05, 3.63) is 53.7 Å². The molecule has 2 rings (SSSR count). The molecular weight excluding hydrogens is 247 g/mol. The van der Waals surface area contributed by atoms with Gasteiger partial charge in [-0.05, 0) is 24.6 Å². The predicted molar refractivity (Wildman–Crippen MR) is 68.7 cm³/mol. The largest absolute Gasteiger partial charge is 0.384 e. The van der Waals surface area contributed by atoms with Crippen LogP contribution in [0.15, 0.2) is 36.7 Å². The van der Waals surface area contributed by atoms with Crippen LogP contribution in [0.2, 0.25) is 0 Å². The van der Waals surface area contributed by atoms with Crippen LogP contribution in [0.1, 0.15) is 29.0 Å². The molecule has 0 aliphatic rings. The first-order valence-corrected chi connectivity index (χ1v) is 5.70. The van der Waals surface area contributed by atoms with E-state index in [-0.39, 0.29) is 29.3 Å². The number of nitrogen functional groups attached to an aromatic ring is 1. The van der Waals surface area contributed by atoms with E-state index in [9.17, 15) is 9.18 Å². The lowest BCUT2D eigenvalue weighted by atomic mass is 10.1. The molecule has 0 saturated carbocycles. The van der Waals surface area contributed by atoms with Crippen LogP contribution in [0, 0.1) is 5.82 Å². The molecule has 0 bridgehead atoms. The van der Waals surface area contributed by atoms with Gasteiger partial charge < -0.3 is 11.1 Å². The van der Waals surface area contributed by atoms with Crippen molar-refractivity contribution < 1.29 is 9.18 Å². The normalized spacial score (nSPS) is 11.9. The van der Waals surface area contributed by atoms with Crippen LogP contribution >= 0.6 is 0 Å². The number of carbonyl (C=O) groups is 1. The van der Waals surface area contributed by atoms with E-state index in [1.807, 2.05) is 0 Å². The number of nitrogens with two attached hydrogens (primary N) is 1. The van der Waals surface area contributed by atoms with E-state index in [1.54, 1.807) is 19.1 Å². The number of hydrogen-bond acceptors (Lipinski definition) is 4. The van der Waals surface area contributed by atoms with Crippen molar-refractivity contribution in [1.29, 1.82) is 0 Å². The minimum atomic E-state index is -0.356. The highest BCUT2D eigenvalue weighted by atomic mass is 19.1. The number of benzene rings is 1. The Kier molecular flexibility index (Phi) is 3.70. The molecule has 6 heteroatoms. The number of carbonyl (C=O) groups excluding carboxylic acids is 1. The van der Waals surface area contributed by atoms with Crippen LogP contribution in [0.3, 0.4) is 0 Å². The molecule has 5 nitrogen and oxygen atoms in total. The average molecular weight is 260 g/mol. The topological polar surface area (TPSA) is 80.9 Å². The molecule has 1 heterocycles. The molecular formula is C13H13FN4O. The average Bonchev–Trinajstić information content (AvgIpc) is 2.39. The fourth-order valence-corrected chi connectivity index (χ4v) is 1.60. The third-order valence-corrected chi connectivity index (χ3v) is 2.64. The Balaban J connectivity index is 2.08. The molecule has 98 valence electrons. The second kappa shape index (κ2) is 5.43. The fraction of sp³-hybridized carbons (Fsp3) is 0.154. The number of halogens is 1. The van der Waals surface area contributed by atoms with Gasteiger partial charge in [0, 0.05) is 6.07 Å². The van der Waals surface area contributed by atoms with Crippen molar-refractivity contribution in [2.24, 2.45) is 0 Å². The monoisotopic (exact) mass is 260 g/mol. The molecule has 19 heavy (non-hydrogen) atoms. The SMILES string of the molecule is C[C@H](NC(=O)c1cc(N)ncn1)c1ccc(F)cc1. The Labute approximate surface area is 109 Å². The number of amides is 1. The quantitative estimate of drug-likeness (QED) is 0.880. The summed E-state index contributed by atoms with van der Waals surface area (Å²) in [6.45, 7) is 1.80. The molecule has 0 radical (unpaired) electrons. The molecule has 1 aromatic carbocycles. The van der Waals surface area contributed by atoms with E-state index in [0.29, 0.717) is 0 Å². The van der Waals surface area contributed by atoms with Gasteiger partial charge in [-0.3, -0.25) is 4.79 Å². The summed E-state index contributed by atoms with van der Waals surface area (Å²) in [7, 11) is 0. The smallest absolute Gasteiger partial charge is 0.270 e. The standard InChI is InChI=1S/C13H13FN4O/c1-8(9-2-4-10(14)5-3-9)18-13(19)11-6-12(15)17-7-16-11/h2-8H,1H3,(H,18,19)(H2,15,16,17)/t8-/m0/s1. The Morgan fingerprint density at radius 2 is 2.00 bits per heavy atom. The molecule has 0 spiro atoms. The van der Waals surface area contributed by atoms with Gasteiger partial charge in [0.1, 0.15) is 23.7 Å². The highest BCUT2D eigenvalue weighted by Crippen LogP contribution is 2.13. The summed E-state index contributed by atoms with van der Waals surface area (Å²) in [4.78, 5) is 19.5. The number of rotatable bonds is 3. The lowest BCUT2D eigenvalue weighted by molar-refractivity contribution is 0.0934. The Bertz CT molecular complexity index is 585. The molecule has 0 fully saturated rings. The minimum absolute atomic E-state index is 0.196. The summed E-state index contributed by atoms with van der Waals surface area (Å²) in [6.07, 6.45) is 1.23. The van der Waals surface area contributed by atoms with E-state index in [2.05, 4.69) is 15.3 Å². The van der Waals surface area contributed by atoms with Gasteiger partial charge in [0.15, 0.2) is 0 Å². The van der Waals surface area contributed by atoms with Crippen LogP contribution in [-0.2, 0) is 0 Å². The van der Waals surface area contributed by atoms with E-state index in [4.69, 9.17) is 5.73 Å². The lowest BCUT2D eigenvalue weighted by Gasteiger charge is -2.14. The van der Waals surface area contributed by atoms with E-state index >= 15 is 0 Å². The third kappa shape index (κ3) is 3.25. The number of nitrogens with zero attached hydrogens (tertiary/aromatic N) is 2. The van der Waals surface area contributed by atoms with E-state index in [1.165, 1.54) is 24.5 Å². The van der Waals surface area contributed by atoms with Gasteiger partial charge in [-0.2, -0.15) is 0 Å². The van der Waals surface area contributed by atoms with Crippen LogP contribution < -0.4 is 11.1 Å². The molecule has 0 unspecified atom stereocenters. The number of hydrogen-bond donors (Lipinski definition) is 2. The maximum absolute atomic E-state index is 12.8. The molecule has 2 aromatic rings.